The minimum Gasteiger partial charge on any atom is -0.316 e. The molecule has 2 aromatic carbocycles. The maximum Gasteiger partial charge on any atom is 0.420 e. The quantitative estimate of drug-likeness (QED) is 0.748. The molecule has 130 valence electrons. The van der Waals surface area contributed by atoms with Crippen molar-refractivity contribution in [2.24, 2.45) is 0 Å². The third-order valence-corrected chi connectivity index (χ3v) is 3.50. The Labute approximate surface area is 132 Å². The lowest BCUT2D eigenvalue weighted by molar-refractivity contribution is -0.297. The van der Waals surface area contributed by atoms with Crippen molar-refractivity contribution < 1.29 is 31.1 Å². The van der Waals surface area contributed by atoms with Crippen molar-refractivity contribution in [2.45, 2.75) is 24.8 Å². The standard InChI is InChI=1S/C15H12F6N2O/c1-13(14(16,17)18,15(19,20)21)23-12(24)22-11-7-6-9-4-2-3-5-10(9)8-11/h2-8H,1H3,(H2,22,23,24). The number of fused-ring (bicyclic) bond motifs is 1. The van der Waals surface area contributed by atoms with Crippen LogP contribution >= 0.6 is 0 Å². The molecule has 0 fully saturated rings. The smallest absolute Gasteiger partial charge is 0.316 e. The fourth-order valence-corrected chi connectivity index (χ4v) is 1.96. The van der Waals surface area contributed by atoms with Gasteiger partial charge in [0.05, 0.1) is 0 Å². The van der Waals surface area contributed by atoms with Gasteiger partial charge in [0.1, 0.15) is 0 Å². The number of urea groups is 1. The van der Waals surface area contributed by atoms with Crippen LogP contribution in [0.3, 0.4) is 0 Å². The second-order valence-electron chi connectivity index (χ2n) is 5.26. The molecule has 0 unspecified atom stereocenters. The molecule has 2 rings (SSSR count). The van der Waals surface area contributed by atoms with Crippen LogP contribution in [0.2, 0.25) is 0 Å². The molecule has 0 saturated heterocycles. The summed E-state index contributed by atoms with van der Waals surface area (Å²) < 4.78 is 76.5. The van der Waals surface area contributed by atoms with Crippen LogP contribution in [0.5, 0.6) is 0 Å². The number of halogens is 6. The van der Waals surface area contributed by atoms with Crippen molar-refractivity contribution in [3.8, 4) is 0 Å². The molecule has 0 bridgehead atoms. The van der Waals surface area contributed by atoms with Gasteiger partial charge >= 0.3 is 18.4 Å². The van der Waals surface area contributed by atoms with Crippen LogP contribution in [-0.4, -0.2) is 23.9 Å². The highest BCUT2D eigenvalue weighted by molar-refractivity contribution is 5.93. The van der Waals surface area contributed by atoms with Gasteiger partial charge in [0.2, 0.25) is 5.54 Å². The SMILES string of the molecule is CC(NC(=O)Nc1ccc2ccccc2c1)(C(F)(F)F)C(F)(F)F. The van der Waals surface area contributed by atoms with Crippen LogP contribution in [0.1, 0.15) is 6.92 Å². The Hall–Kier alpha value is -2.45. The van der Waals surface area contributed by atoms with E-state index in [1.54, 1.807) is 30.3 Å². The number of hydrogen-bond acceptors (Lipinski definition) is 1. The third-order valence-electron chi connectivity index (χ3n) is 3.50. The van der Waals surface area contributed by atoms with E-state index in [4.69, 9.17) is 0 Å². The summed E-state index contributed by atoms with van der Waals surface area (Å²) >= 11 is 0. The van der Waals surface area contributed by atoms with Crippen molar-refractivity contribution in [3.05, 3.63) is 42.5 Å². The minimum absolute atomic E-state index is 0.0675. The normalized spacial score (nSPS) is 13.0. The number of nitrogens with one attached hydrogen (secondary N) is 2. The van der Waals surface area contributed by atoms with Crippen molar-refractivity contribution in [1.82, 2.24) is 5.32 Å². The summed E-state index contributed by atoms with van der Waals surface area (Å²) in [6.07, 6.45) is -11.4. The molecule has 0 heterocycles. The molecule has 0 atom stereocenters. The van der Waals surface area contributed by atoms with E-state index >= 15 is 0 Å². The van der Waals surface area contributed by atoms with E-state index < -0.39 is 23.9 Å². The number of carbonyl (C=O) groups is 1. The number of alkyl halides is 6. The molecule has 9 heteroatoms. The summed E-state index contributed by atoms with van der Waals surface area (Å²) in [4.78, 5) is 11.6. The second kappa shape index (κ2) is 5.88. The maximum atomic E-state index is 12.7. The van der Waals surface area contributed by atoms with E-state index in [0.717, 1.165) is 10.7 Å². The summed E-state index contributed by atoms with van der Waals surface area (Å²) in [6, 6.07) is 9.71. The summed E-state index contributed by atoms with van der Waals surface area (Å²) in [7, 11) is 0. The van der Waals surface area contributed by atoms with Crippen LogP contribution in [0, 0.1) is 0 Å². The fourth-order valence-electron chi connectivity index (χ4n) is 1.96. The van der Waals surface area contributed by atoms with E-state index in [0.29, 0.717) is 5.39 Å². The predicted octanol–water partition coefficient (Wildman–Crippen LogP) is 4.84. The largest absolute Gasteiger partial charge is 0.420 e. The van der Waals surface area contributed by atoms with Gasteiger partial charge in [-0.3, -0.25) is 0 Å². The van der Waals surface area contributed by atoms with Crippen molar-refractivity contribution >= 4 is 22.5 Å². The van der Waals surface area contributed by atoms with E-state index in [2.05, 4.69) is 0 Å². The molecular weight excluding hydrogens is 338 g/mol. The van der Waals surface area contributed by atoms with Crippen molar-refractivity contribution in [3.63, 3.8) is 0 Å². The lowest BCUT2D eigenvalue weighted by atomic mass is 10.0. The van der Waals surface area contributed by atoms with Gasteiger partial charge < -0.3 is 10.6 Å². The highest BCUT2D eigenvalue weighted by Crippen LogP contribution is 2.42. The zero-order chi connectivity index (χ0) is 18.2. The second-order valence-corrected chi connectivity index (χ2v) is 5.26. The van der Waals surface area contributed by atoms with E-state index in [9.17, 15) is 31.1 Å². The molecule has 0 radical (unpaired) electrons. The van der Waals surface area contributed by atoms with Crippen molar-refractivity contribution in [1.29, 1.82) is 0 Å². The summed E-state index contributed by atoms with van der Waals surface area (Å²) in [6.45, 7) is -0.132. The van der Waals surface area contributed by atoms with Crippen LogP contribution < -0.4 is 10.6 Å². The van der Waals surface area contributed by atoms with Crippen molar-refractivity contribution in [2.75, 3.05) is 5.32 Å². The summed E-state index contributed by atoms with van der Waals surface area (Å²) in [5.41, 5.74) is -4.29. The van der Waals surface area contributed by atoms with Gasteiger partial charge in [-0.25, -0.2) is 4.79 Å². The average Bonchev–Trinajstić information content (AvgIpc) is 2.44. The highest BCUT2D eigenvalue weighted by Gasteiger charge is 2.68. The lowest BCUT2D eigenvalue weighted by Crippen LogP contribution is -2.66. The number of amides is 2. The topological polar surface area (TPSA) is 41.1 Å². The van der Waals surface area contributed by atoms with E-state index in [1.165, 1.54) is 12.1 Å². The number of rotatable bonds is 2. The zero-order valence-electron chi connectivity index (χ0n) is 12.2. The lowest BCUT2D eigenvalue weighted by Gasteiger charge is -2.34. The summed E-state index contributed by atoms with van der Waals surface area (Å²) in [5.74, 6) is 0. The fraction of sp³-hybridized carbons (Fsp3) is 0.267. The monoisotopic (exact) mass is 350 g/mol. The first kappa shape index (κ1) is 17.9. The first-order valence-corrected chi connectivity index (χ1v) is 6.65. The Morgan fingerprint density at radius 1 is 0.875 bits per heavy atom. The number of anilines is 1. The Balaban J connectivity index is 2.21. The summed E-state index contributed by atoms with van der Waals surface area (Å²) in [5, 5.41) is 4.43. The third kappa shape index (κ3) is 3.39. The van der Waals surface area contributed by atoms with Gasteiger partial charge in [-0.05, 0) is 29.8 Å². The molecular formula is C15H12F6N2O. The van der Waals surface area contributed by atoms with Gasteiger partial charge in [0.25, 0.3) is 0 Å². The van der Waals surface area contributed by atoms with Gasteiger partial charge in [0, 0.05) is 5.69 Å². The van der Waals surface area contributed by atoms with Crippen LogP contribution in [0.25, 0.3) is 10.8 Å². The van der Waals surface area contributed by atoms with Gasteiger partial charge in [-0.1, -0.05) is 30.3 Å². The van der Waals surface area contributed by atoms with E-state index in [-0.39, 0.29) is 12.6 Å². The minimum atomic E-state index is -5.70. The number of carbonyl (C=O) groups excluding carboxylic acids is 1. The highest BCUT2D eigenvalue weighted by atomic mass is 19.4. The molecule has 0 aliphatic heterocycles. The van der Waals surface area contributed by atoms with Gasteiger partial charge in [-0.15, -0.1) is 0 Å². The molecule has 0 aliphatic carbocycles. The Morgan fingerprint density at radius 3 is 1.96 bits per heavy atom. The molecule has 3 nitrogen and oxygen atoms in total. The first-order chi connectivity index (χ1) is 10.9. The van der Waals surface area contributed by atoms with E-state index in [1.807, 2.05) is 5.32 Å². The van der Waals surface area contributed by atoms with Gasteiger partial charge in [0.15, 0.2) is 0 Å². The van der Waals surface area contributed by atoms with Crippen LogP contribution in [0.4, 0.5) is 36.8 Å². The van der Waals surface area contributed by atoms with Crippen LogP contribution in [-0.2, 0) is 0 Å². The molecule has 2 amide bonds. The molecule has 0 saturated carbocycles. The van der Waals surface area contributed by atoms with Gasteiger partial charge in [-0.2, -0.15) is 26.3 Å². The molecule has 2 N–H and O–H groups in total. The number of hydrogen-bond donors (Lipinski definition) is 2. The predicted molar refractivity (Wildman–Crippen MR) is 76.6 cm³/mol. The molecule has 2 aromatic rings. The molecule has 0 spiro atoms. The molecule has 24 heavy (non-hydrogen) atoms. The average molecular weight is 350 g/mol. The number of benzene rings is 2. The first-order valence-electron chi connectivity index (χ1n) is 6.65. The maximum absolute atomic E-state index is 12.7. The Kier molecular flexibility index (Phi) is 4.38. The zero-order valence-corrected chi connectivity index (χ0v) is 12.2. The molecule has 0 aliphatic rings. The molecule has 0 aromatic heterocycles. The Bertz CT molecular complexity index is 739. The van der Waals surface area contributed by atoms with Crippen LogP contribution in [0.15, 0.2) is 42.5 Å². The Morgan fingerprint density at radius 2 is 1.42 bits per heavy atom.